The predicted molar refractivity (Wildman–Crippen MR) is 163 cm³/mol. The van der Waals surface area contributed by atoms with Crippen molar-refractivity contribution >= 4 is 60.8 Å². The van der Waals surface area contributed by atoms with E-state index in [9.17, 15) is 4.79 Å². The van der Waals surface area contributed by atoms with Gasteiger partial charge in [-0.1, -0.05) is 82.5 Å². The molecule has 0 bridgehead atoms. The van der Waals surface area contributed by atoms with Crippen LogP contribution in [0.2, 0.25) is 0 Å². The first kappa shape index (κ1) is 27.8. The van der Waals surface area contributed by atoms with Crippen molar-refractivity contribution in [3.8, 4) is 11.5 Å². The first-order chi connectivity index (χ1) is 18.5. The molecular weight excluding hydrogens is 628 g/mol. The SMILES string of the molecule is COc1cc(C=C2SC(=NC3CCCCC3)N(C3CCCCC3)C2=O)c(Br)cc1OCc1ccc(Br)cc1. The average Bonchev–Trinajstić information content (AvgIpc) is 3.24. The molecule has 5 nitrogen and oxygen atoms in total. The number of ether oxygens (including phenoxy) is 2. The fraction of sp³-hybridized carbons (Fsp3) is 0.467. The van der Waals surface area contributed by atoms with Crippen LogP contribution in [0, 0.1) is 0 Å². The van der Waals surface area contributed by atoms with Gasteiger partial charge in [-0.05, 0) is 78.9 Å². The molecule has 2 aromatic rings. The van der Waals surface area contributed by atoms with E-state index in [1.54, 1.807) is 7.11 Å². The minimum Gasteiger partial charge on any atom is -0.493 e. The van der Waals surface area contributed by atoms with E-state index < -0.39 is 0 Å². The van der Waals surface area contributed by atoms with Gasteiger partial charge in [-0.25, -0.2) is 0 Å². The molecule has 38 heavy (non-hydrogen) atoms. The summed E-state index contributed by atoms with van der Waals surface area (Å²) in [5.74, 6) is 1.36. The van der Waals surface area contributed by atoms with Crippen LogP contribution in [0.1, 0.15) is 75.3 Å². The van der Waals surface area contributed by atoms with Gasteiger partial charge in [0.2, 0.25) is 0 Å². The molecule has 0 atom stereocenters. The highest BCUT2D eigenvalue weighted by Crippen LogP contribution is 2.41. The number of halogens is 2. The molecule has 2 aromatic carbocycles. The number of carbonyl (C=O) groups excluding carboxylic acids is 1. The highest BCUT2D eigenvalue weighted by molar-refractivity contribution is 9.10. The molecule has 0 unspecified atom stereocenters. The third-order valence-electron chi connectivity index (χ3n) is 7.52. The highest BCUT2D eigenvalue weighted by atomic mass is 79.9. The Balaban J connectivity index is 1.39. The summed E-state index contributed by atoms with van der Waals surface area (Å²) in [6, 6.07) is 12.5. The second kappa shape index (κ2) is 13.1. The number of hydrogen-bond acceptors (Lipinski definition) is 5. The van der Waals surface area contributed by atoms with Crippen molar-refractivity contribution in [1.82, 2.24) is 4.90 Å². The zero-order valence-corrected chi connectivity index (χ0v) is 25.7. The molecule has 0 radical (unpaired) electrons. The van der Waals surface area contributed by atoms with Gasteiger partial charge in [-0.2, -0.15) is 0 Å². The van der Waals surface area contributed by atoms with Gasteiger partial charge in [0, 0.05) is 15.0 Å². The number of benzene rings is 2. The number of thioether (sulfide) groups is 1. The molecule has 2 saturated carbocycles. The van der Waals surface area contributed by atoms with Crippen molar-refractivity contribution in [2.45, 2.75) is 82.9 Å². The molecule has 1 heterocycles. The Morgan fingerprint density at radius 2 is 1.66 bits per heavy atom. The topological polar surface area (TPSA) is 51.1 Å². The van der Waals surface area contributed by atoms with Crippen molar-refractivity contribution in [2.75, 3.05) is 7.11 Å². The zero-order chi connectivity index (χ0) is 26.5. The number of carbonyl (C=O) groups is 1. The van der Waals surface area contributed by atoms with Crippen LogP contribution >= 0.6 is 43.6 Å². The van der Waals surface area contributed by atoms with Crippen LogP contribution in [0.15, 0.2) is 55.2 Å². The van der Waals surface area contributed by atoms with Crippen molar-refractivity contribution in [3.63, 3.8) is 0 Å². The smallest absolute Gasteiger partial charge is 0.267 e. The Hall–Kier alpha value is -1.77. The molecule has 0 spiro atoms. The van der Waals surface area contributed by atoms with Crippen LogP contribution in [0.3, 0.4) is 0 Å². The minimum absolute atomic E-state index is 0.0814. The molecule has 3 fully saturated rings. The van der Waals surface area contributed by atoms with Gasteiger partial charge < -0.3 is 9.47 Å². The first-order valence-corrected chi connectivity index (χ1v) is 16.0. The third kappa shape index (κ3) is 6.68. The van der Waals surface area contributed by atoms with Crippen LogP contribution in [-0.2, 0) is 11.4 Å². The largest absolute Gasteiger partial charge is 0.493 e. The number of nitrogens with zero attached hydrogens (tertiary/aromatic N) is 2. The van der Waals surface area contributed by atoms with Crippen molar-refractivity contribution in [2.24, 2.45) is 4.99 Å². The summed E-state index contributed by atoms with van der Waals surface area (Å²) in [6.45, 7) is 0.433. The fourth-order valence-electron chi connectivity index (χ4n) is 5.42. The van der Waals surface area contributed by atoms with Gasteiger partial charge >= 0.3 is 0 Å². The van der Waals surface area contributed by atoms with Gasteiger partial charge in [0.05, 0.1) is 18.1 Å². The Bertz CT molecular complexity index is 1200. The van der Waals surface area contributed by atoms with Gasteiger partial charge in [0.15, 0.2) is 16.7 Å². The summed E-state index contributed by atoms with van der Waals surface area (Å²) >= 11 is 8.71. The Kier molecular flexibility index (Phi) is 9.55. The lowest BCUT2D eigenvalue weighted by molar-refractivity contribution is -0.124. The van der Waals surface area contributed by atoms with E-state index in [2.05, 4.69) is 31.9 Å². The maximum atomic E-state index is 13.8. The van der Waals surface area contributed by atoms with Crippen LogP contribution in [0.5, 0.6) is 11.5 Å². The number of aliphatic imine (C=N–C) groups is 1. The van der Waals surface area contributed by atoms with E-state index in [1.807, 2.05) is 47.4 Å². The summed E-state index contributed by atoms with van der Waals surface area (Å²) in [5, 5.41) is 0.901. The lowest BCUT2D eigenvalue weighted by Crippen LogP contribution is -2.41. The maximum absolute atomic E-state index is 13.8. The molecule has 0 N–H and O–H groups in total. The number of methoxy groups -OCH3 is 1. The summed E-state index contributed by atoms with van der Waals surface area (Å²) in [7, 11) is 1.64. The molecule has 1 aliphatic heterocycles. The van der Waals surface area contributed by atoms with Gasteiger partial charge in [0.25, 0.3) is 5.91 Å². The molecule has 5 rings (SSSR count). The first-order valence-electron chi connectivity index (χ1n) is 13.6. The lowest BCUT2D eigenvalue weighted by atomic mass is 9.94. The van der Waals surface area contributed by atoms with Crippen LogP contribution in [-0.4, -0.2) is 35.2 Å². The predicted octanol–water partition coefficient (Wildman–Crippen LogP) is 8.74. The van der Waals surface area contributed by atoms with E-state index in [4.69, 9.17) is 14.5 Å². The summed E-state index contributed by atoms with van der Waals surface area (Å²) in [5.41, 5.74) is 1.95. The normalized spacial score (nSPS) is 21.4. The monoisotopic (exact) mass is 660 g/mol. The lowest BCUT2D eigenvalue weighted by Gasteiger charge is -2.31. The van der Waals surface area contributed by atoms with Crippen molar-refractivity contribution < 1.29 is 14.3 Å². The van der Waals surface area contributed by atoms with E-state index in [0.717, 1.165) is 55.8 Å². The molecule has 202 valence electrons. The Morgan fingerprint density at radius 3 is 2.34 bits per heavy atom. The third-order valence-corrected chi connectivity index (χ3v) is 9.73. The second-order valence-corrected chi connectivity index (χ2v) is 13.0. The standard InChI is InChI=1S/C30H34Br2N2O3S/c1-36-26-16-21(25(32)18-27(26)37-19-20-12-14-22(31)15-13-20)17-28-29(35)34(24-10-6-3-7-11-24)30(38-28)33-23-8-4-2-5-9-23/h12-18,23-24H,2-11,19H2,1H3. The van der Waals surface area contributed by atoms with E-state index in [0.29, 0.717) is 24.1 Å². The quantitative estimate of drug-likeness (QED) is 0.279. The average molecular weight is 662 g/mol. The fourth-order valence-corrected chi connectivity index (χ4v) is 7.22. The van der Waals surface area contributed by atoms with Crippen molar-refractivity contribution in [3.05, 3.63) is 61.4 Å². The number of rotatable bonds is 7. The van der Waals surface area contributed by atoms with Gasteiger partial charge in [-0.15, -0.1) is 0 Å². The van der Waals surface area contributed by atoms with Gasteiger partial charge in [-0.3, -0.25) is 14.7 Å². The summed E-state index contributed by atoms with van der Waals surface area (Å²) < 4.78 is 13.6. The summed E-state index contributed by atoms with van der Waals surface area (Å²) in [4.78, 5) is 21.6. The zero-order valence-electron chi connectivity index (χ0n) is 21.8. The van der Waals surface area contributed by atoms with E-state index >= 15 is 0 Å². The molecule has 2 aliphatic carbocycles. The molecule has 1 amide bonds. The Morgan fingerprint density at radius 1 is 0.974 bits per heavy atom. The molecule has 1 saturated heterocycles. The highest BCUT2D eigenvalue weighted by Gasteiger charge is 2.39. The van der Waals surface area contributed by atoms with Crippen LogP contribution in [0.25, 0.3) is 6.08 Å². The Labute approximate surface area is 246 Å². The maximum Gasteiger partial charge on any atom is 0.267 e. The minimum atomic E-state index is 0.0814. The van der Waals surface area contributed by atoms with Crippen LogP contribution < -0.4 is 9.47 Å². The molecular formula is C30H34Br2N2O3S. The van der Waals surface area contributed by atoms with Gasteiger partial charge in [0.1, 0.15) is 6.61 Å². The summed E-state index contributed by atoms with van der Waals surface area (Å²) in [6.07, 6.45) is 13.7. The van der Waals surface area contributed by atoms with Crippen LogP contribution in [0.4, 0.5) is 0 Å². The number of hydrogen-bond donors (Lipinski definition) is 0. The van der Waals surface area contributed by atoms with E-state index in [-0.39, 0.29) is 11.9 Å². The molecule has 3 aliphatic rings. The molecule has 8 heteroatoms. The number of amidine groups is 1. The molecule has 0 aromatic heterocycles. The van der Waals surface area contributed by atoms with Crippen molar-refractivity contribution in [1.29, 1.82) is 0 Å². The van der Waals surface area contributed by atoms with E-state index in [1.165, 1.54) is 50.3 Å². The number of amides is 1. The second-order valence-electron chi connectivity index (χ2n) is 10.2.